The van der Waals surface area contributed by atoms with E-state index in [2.05, 4.69) is 5.32 Å². The summed E-state index contributed by atoms with van der Waals surface area (Å²) < 4.78 is 17.0. The number of hydrogen-bond donors (Lipinski definition) is 1. The maximum atomic E-state index is 13.7. The molecule has 3 amide bonds. The van der Waals surface area contributed by atoms with Gasteiger partial charge in [-0.05, 0) is 75.2 Å². The molecule has 0 aromatic heterocycles. The molecule has 1 fully saturated rings. The van der Waals surface area contributed by atoms with Gasteiger partial charge in [0.1, 0.15) is 28.6 Å². The maximum absolute atomic E-state index is 13.7. The van der Waals surface area contributed by atoms with Gasteiger partial charge in [0.05, 0.1) is 13.1 Å². The second kappa shape index (κ2) is 20.0. The summed E-state index contributed by atoms with van der Waals surface area (Å²) in [6, 6.07) is -0.766. The molecular formula is C37H61N5O10. The number of carbonyl (C=O) groups is 7. The van der Waals surface area contributed by atoms with Crippen LogP contribution in [0.25, 0.3) is 0 Å². The number of carbonyl (C=O) groups excluding carboxylic acids is 7. The molecule has 2 rings (SSSR count). The van der Waals surface area contributed by atoms with Gasteiger partial charge in [0, 0.05) is 83.8 Å². The Morgan fingerprint density at radius 3 is 1.60 bits per heavy atom. The number of esters is 3. The van der Waals surface area contributed by atoms with E-state index in [9.17, 15) is 33.6 Å². The smallest absolute Gasteiger partial charge is 0.323 e. The van der Waals surface area contributed by atoms with Crippen LogP contribution in [-0.2, 0) is 47.8 Å². The van der Waals surface area contributed by atoms with Gasteiger partial charge < -0.3 is 19.5 Å². The minimum atomic E-state index is -0.769. The quantitative estimate of drug-likeness (QED) is 0.106. The largest absolute Gasteiger partial charge is 0.459 e. The van der Waals surface area contributed by atoms with Gasteiger partial charge >= 0.3 is 17.9 Å². The summed E-state index contributed by atoms with van der Waals surface area (Å²) in [7, 11) is 0. The van der Waals surface area contributed by atoms with Crippen molar-refractivity contribution in [3.05, 3.63) is 12.2 Å². The van der Waals surface area contributed by atoms with E-state index >= 15 is 0 Å². The predicted octanol–water partition coefficient (Wildman–Crippen LogP) is 1.86. The molecule has 0 aliphatic carbocycles. The number of Topliss-reactive ketones (excluding diaryl/α,β-unsaturated/α-hetero) is 1. The molecule has 1 unspecified atom stereocenters. The number of nitrogens with one attached hydrogen (secondary N) is 1. The predicted molar refractivity (Wildman–Crippen MR) is 193 cm³/mol. The third-order valence-corrected chi connectivity index (χ3v) is 7.92. The van der Waals surface area contributed by atoms with Gasteiger partial charge in [-0.25, -0.2) is 0 Å². The van der Waals surface area contributed by atoms with Crippen LogP contribution in [0.5, 0.6) is 0 Å². The molecule has 294 valence electrons. The lowest BCUT2D eigenvalue weighted by Gasteiger charge is -2.33. The number of rotatable bonds is 16. The zero-order valence-electron chi connectivity index (χ0n) is 32.7. The van der Waals surface area contributed by atoms with Crippen LogP contribution in [0, 0.1) is 0 Å². The molecule has 2 aliphatic rings. The minimum absolute atomic E-state index is 0.0183. The monoisotopic (exact) mass is 735 g/mol. The molecule has 15 heteroatoms. The topological polar surface area (TPSA) is 172 Å². The minimum Gasteiger partial charge on any atom is -0.459 e. The van der Waals surface area contributed by atoms with Crippen LogP contribution >= 0.6 is 0 Å². The Balaban J connectivity index is 2.09. The molecule has 1 atom stereocenters. The molecule has 0 saturated carbocycles. The van der Waals surface area contributed by atoms with Crippen molar-refractivity contribution < 1.29 is 47.8 Å². The van der Waals surface area contributed by atoms with Crippen LogP contribution in [0.4, 0.5) is 0 Å². The molecule has 0 bridgehead atoms. The first-order valence-electron chi connectivity index (χ1n) is 18.2. The molecule has 0 aromatic carbocycles. The molecule has 0 aromatic rings. The highest BCUT2D eigenvalue weighted by molar-refractivity contribution is 6.13. The average molecular weight is 736 g/mol. The Labute approximate surface area is 308 Å². The summed E-state index contributed by atoms with van der Waals surface area (Å²) >= 11 is 0. The summed E-state index contributed by atoms with van der Waals surface area (Å²) in [5.41, 5.74) is -2.07. The highest BCUT2D eigenvalue weighted by Gasteiger charge is 2.33. The Morgan fingerprint density at radius 2 is 1.13 bits per heavy atom. The van der Waals surface area contributed by atoms with Gasteiger partial charge in [-0.2, -0.15) is 0 Å². The molecule has 52 heavy (non-hydrogen) atoms. The van der Waals surface area contributed by atoms with Crippen molar-refractivity contribution in [2.45, 2.75) is 117 Å². The second-order valence-corrected chi connectivity index (χ2v) is 16.3. The summed E-state index contributed by atoms with van der Waals surface area (Å²) in [6.07, 6.45) is 3.16. The van der Waals surface area contributed by atoms with Crippen molar-refractivity contribution in [1.29, 1.82) is 0 Å². The first-order chi connectivity index (χ1) is 24.0. The van der Waals surface area contributed by atoms with E-state index in [1.54, 1.807) is 62.3 Å². The molecule has 1 N–H and O–H groups in total. The average Bonchev–Trinajstić information content (AvgIpc) is 3.34. The van der Waals surface area contributed by atoms with Gasteiger partial charge in [-0.1, -0.05) is 0 Å². The highest BCUT2D eigenvalue weighted by Crippen LogP contribution is 2.18. The lowest BCUT2D eigenvalue weighted by molar-refractivity contribution is -0.163. The van der Waals surface area contributed by atoms with Crippen LogP contribution < -0.4 is 5.32 Å². The Morgan fingerprint density at radius 1 is 0.673 bits per heavy atom. The number of ketones is 1. The van der Waals surface area contributed by atoms with E-state index in [1.165, 1.54) is 0 Å². The van der Waals surface area contributed by atoms with Gasteiger partial charge in [-0.3, -0.25) is 53.2 Å². The first kappa shape index (κ1) is 44.5. The Hall–Kier alpha value is -3.69. The van der Waals surface area contributed by atoms with Gasteiger partial charge in [0.2, 0.25) is 5.91 Å². The van der Waals surface area contributed by atoms with Crippen LogP contribution in [0.1, 0.15) is 94.4 Å². The number of nitrogens with zero attached hydrogens (tertiary/aromatic N) is 4. The lowest BCUT2D eigenvalue weighted by atomic mass is 10.0. The Kier molecular flexibility index (Phi) is 17.1. The molecule has 0 spiro atoms. The molecule has 2 heterocycles. The van der Waals surface area contributed by atoms with Crippen LogP contribution in [-0.4, -0.2) is 149 Å². The molecule has 1 saturated heterocycles. The van der Waals surface area contributed by atoms with Crippen LogP contribution in [0.15, 0.2) is 12.2 Å². The third-order valence-electron chi connectivity index (χ3n) is 7.92. The fraction of sp³-hybridized carbons (Fsp3) is 0.757. The summed E-state index contributed by atoms with van der Waals surface area (Å²) in [6.45, 7) is 19.1. The van der Waals surface area contributed by atoms with E-state index < -0.39 is 40.6 Å². The van der Waals surface area contributed by atoms with Crippen molar-refractivity contribution in [2.24, 2.45) is 0 Å². The summed E-state index contributed by atoms with van der Waals surface area (Å²) in [5.74, 6) is -2.53. The fourth-order valence-electron chi connectivity index (χ4n) is 5.61. The van der Waals surface area contributed by atoms with Crippen LogP contribution in [0.2, 0.25) is 0 Å². The van der Waals surface area contributed by atoms with Crippen molar-refractivity contribution in [1.82, 2.24) is 24.9 Å². The van der Waals surface area contributed by atoms with Gasteiger partial charge in [0.15, 0.2) is 0 Å². The molecule has 2 aliphatic heterocycles. The number of imide groups is 1. The second-order valence-electron chi connectivity index (χ2n) is 16.3. The number of ether oxygens (including phenoxy) is 3. The molecule has 0 radical (unpaired) electrons. The van der Waals surface area contributed by atoms with E-state index in [0.717, 1.165) is 17.1 Å². The third kappa shape index (κ3) is 18.2. The summed E-state index contributed by atoms with van der Waals surface area (Å²) in [5, 5.41) is 2.71. The van der Waals surface area contributed by atoms with Crippen molar-refractivity contribution >= 4 is 41.4 Å². The molecule has 15 nitrogen and oxygen atoms in total. The molecular weight excluding hydrogens is 674 g/mol. The van der Waals surface area contributed by atoms with Gasteiger partial charge in [0.25, 0.3) is 11.8 Å². The summed E-state index contributed by atoms with van der Waals surface area (Å²) in [4.78, 5) is 94.7. The highest BCUT2D eigenvalue weighted by atomic mass is 16.6. The number of amides is 3. The van der Waals surface area contributed by atoms with Crippen molar-refractivity contribution in [2.75, 3.05) is 65.4 Å². The Bertz CT molecular complexity index is 1250. The van der Waals surface area contributed by atoms with Crippen LogP contribution in [0.3, 0.4) is 0 Å². The normalized spacial score (nSPS) is 17.6. The fourth-order valence-corrected chi connectivity index (χ4v) is 5.61. The van der Waals surface area contributed by atoms with E-state index in [4.69, 9.17) is 14.2 Å². The standard InChI is InChI=1S/C37H61N5O10/c1-35(2,3)50-32(47)25-39-19-20-40(26-33(48)51-36(4,5)6)22-24-41(23-21-39)28(34(49)52-37(7,8)9)13-12-27(43)11-10-17-38-29(44)16-18-42-30(45)14-15-31(42)46/h14-15,28H,10-13,16-26H2,1-9H3,(H,38,44). The SMILES string of the molecule is CC(C)(C)OC(=O)CN1CCN(CC(=O)OC(C)(C)C)CCN(C(CCC(=O)CCCNC(=O)CCN2C(=O)C=CC2=O)C(=O)OC(C)(C)C)CC1. The van der Waals surface area contributed by atoms with Gasteiger partial charge in [-0.15, -0.1) is 0 Å². The van der Waals surface area contributed by atoms with E-state index in [1.807, 2.05) is 14.7 Å². The van der Waals surface area contributed by atoms with E-state index in [-0.39, 0.29) is 75.5 Å². The number of hydrogen-bond acceptors (Lipinski definition) is 13. The van der Waals surface area contributed by atoms with Crippen molar-refractivity contribution in [3.8, 4) is 0 Å². The first-order valence-corrected chi connectivity index (χ1v) is 18.2. The zero-order chi connectivity index (χ0) is 39.3. The zero-order valence-corrected chi connectivity index (χ0v) is 32.7. The van der Waals surface area contributed by atoms with E-state index in [0.29, 0.717) is 45.7 Å². The maximum Gasteiger partial charge on any atom is 0.323 e. The van der Waals surface area contributed by atoms with Crippen molar-refractivity contribution in [3.63, 3.8) is 0 Å². The lowest BCUT2D eigenvalue weighted by Crippen LogP contribution is -2.49.